The van der Waals surface area contributed by atoms with Gasteiger partial charge < -0.3 is 5.11 Å². The molecule has 0 fully saturated rings. The molecule has 17 heavy (non-hydrogen) atoms. The van der Waals surface area contributed by atoms with E-state index in [2.05, 4.69) is 0 Å². The molecule has 0 aliphatic rings. The molecular formula is C13H9ClF2O. The Bertz CT molecular complexity index is 543. The van der Waals surface area contributed by atoms with Crippen molar-refractivity contribution in [1.82, 2.24) is 0 Å². The summed E-state index contributed by atoms with van der Waals surface area (Å²) in [5.41, 5.74) is 0.698. The zero-order valence-electron chi connectivity index (χ0n) is 8.70. The van der Waals surface area contributed by atoms with Gasteiger partial charge in [-0.05, 0) is 35.4 Å². The number of aliphatic hydroxyl groups is 1. The molecule has 0 radical (unpaired) electrons. The van der Waals surface area contributed by atoms with Crippen LogP contribution in [0.15, 0.2) is 42.5 Å². The van der Waals surface area contributed by atoms with Gasteiger partial charge in [-0.25, -0.2) is 8.78 Å². The van der Waals surface area contributed by atoms with E-state index in [1.807, 2.05) is 0 Å². The van der Waals surface area contributed by atoms with Crippen molar-refractivity contribution in [2.75, 3.05) is 0 Å². The highest BCUT2D eigenvalue weighted by atomic mass is 35.5. The molecule has 0 aromatic heterocycles. The number of aliphatic hydroxyl groups excluding tert-OH is 1. The van der Waals surface area contributed by atoms with Crippen LogP contribution < -0.4 is 0 Å². The van der Waals surface area contributed by atoms with Crippen LogP contribution in [-0.4, -0.2) is 5.11 Å². The maximum absolute atomic E-state index is 13.2. The van der Waals surface area contributed by atoms with E-state index < -0.39 is 17.7 Å². The highest BCUT2D eigenvalue weighted by Crippen LogP contribution is 2.25. The van der Waals surface area contributed by atoms with Gasteiger partial charge in [-0.15, -0.1) is 0 Å². The molecule has 1 nitrogen and oxygen atoms in total. The van der Waals surface area contributed by atoms with Gasteiger partial charge >= 0.3 is 0 Å². The Hall–Kier alpha value is -1.45. The lowest BCUT2D eigenvalue weighted by Crippen LogP contribution is -2.00. The van der Waals surface area contributed by atoms with E-state index in [9.17, 15) is 13.9 Å². The van der Waals surface area contributed by atoms with Crippen LogP contribution in [0, 0.1) is 11.6 Å². The molecule has 0 spiro atoms. The van der Waals surface area contributed by atoms with Crippen LogP contribution in [-0.2, 0) is 0 Å². The maximum atomic E-state index is 13.2. The van der Waals surface area contributed by atoms with Crippen molar-refractivity contribution in [2.24, 2.45) is 0 Å². The van der Waals surface area contributed by atoms with Crippen LogP contribution >= 0.6 is 11.6 Å². The molecule has 2 aromatic rings. The van der Waals surface area contributed by atoms with Crippen molar-refractivity contribution < 1.29 is 13.9 Å². The SMILES string of the molecule is O[C@@H](c1cccc(F)c1)c1ccc(Cl)c(F)c1. The minimum atomic E-state index is -1.07. The predicted molar refractivity (Wildman–Crippen MR) is 61.9 cm³/mol. The first kappa shape index (κ1) is 12.0. The number of halogens is 3. The maximum Gasteiger partial charge on any atom is 0.142 e. The summed E-state index contributed by atoms with van der Waals surface area (Å²) >= 11 is 5.54. The third-order valence-corrected chi connectivity index (χ3v) is 2.73. The molecule has 1 atom stereocenters. The average molecular weight is 255 g/mol. The summed E-state index contributed by atoms with van der Waals surface area (Å²) in [6.45, 7) is 0. The molecule has 4 heteroatoms. The van der Waals surface area contributed by atoms with E-state index in [-0.39, 0.29) is 5.02 Å². The van der Waals surface area contributed by atoms with Gasteiger partial charge in [0.05, 0.1) is 5.02 Å². The number of hydrogen-bond donors (Lipinski definition) is 1. The molecular weight excluding hydrogens is 246 g/mol. The Morgan fingerprint density at radius 2 is 1.71 bits per heavy atom. The fraction of sp³-hybridized carbons (Fsp3) is 0.0769. The second-order valence-electron chi connectivity index (χ2n) is 3.63. The smallest absolute Gasteiger partial charge is 0.142 e. The van der Waals surface area contributed by atoms with Crippen LogP contribution in [0.3, 0.4) is 0 Å². The molecule has 2 aromatic carbocycles. The summed E-state index contributed by atoms with van der Waals surface area (Å²) in [4.78, 5) is 0. The molecule has 2 rings (SSSR count). The molecule has 0 bridgehead atoms. The summed E-state index contributed by atoms with van der Waals surface area (Å²) in [6, 6.07) is 9.53. The summed E-state index contributed by atoms with van der Waals surface area (Å²) < 4.78 is 26.2. The fourth-order valence-electron chi connectivity index (χ4n) is 1.55. The van der Waals surface area contributed by atoms with Crippen molar-refractivity contribution in [1.29, 1.82) is 0 Å². The minimum Gasteiger partial charge on any atom is -0.384 e. The standard InChI is InChI=1S/C13H9ClF2O/c14-11-5-4-9(7-12(11)16)13(17)8-2-1-3-10(15)6-8/h1-7,13,17H/t13-/m0/s1. The highest BCUT2D eigenvalue weighted by Gasteiger charge is 2.12. The Labute approximate surface area is 102 Å². The van der Waals surface area contributed by atoms with Crippen molar-refractivity contribution in [3.05, 3.63) is 70.2 Å². The summed E-state index contributed by atoms with van der Waals surface area (Å²) in [5.74, 6) is -1.06. The molecule has 0 aliphatic heterocycles. The van der Waals surface area contributed by atoms with Gasteiger partial charge in [0.1, 0.15) is 17.7 Å². The van der Waals surface area contributed by atoms with E-state index in [4.69, 9.17) is 11.6 Å². The Balaban J connectivity index is 2.36. The van der Waals surface area contributed by atoms with Crippen molar-refractivity contribution >= 4 is 11.6 Å². The second kappa shape index (κ2) is 4.82. The second-order valence-corrected chi connectivity index (χ2v) is 4.04. The molecule has 0 aliphatic carbocycles. The Kier molecular flexibility index (Phi) is 3.41. The first-order valence-electron chi connectivity index (χ1n) is 4.96. The lowest BCUT2D eigenvalue weighted by atomic mass is 10.0. The van der Waals surface area contributed by atoms with Gasteiger partial charge in [-0.2, -0.15) is 0 Å². The van der Waals surface area contributed by atoms with Gasteiger partial charge in [0, 0.05) is 0 Å². The van der Waals surface area contributed by atoms with Crippen LogP contribution in [0.5, 0.6) is 0 Å². The molecule has 0 amide bonds. The van der Waals surface area contributed by atoms with Crippen LogP contribution in [0.1, 0.15) is 17.2 Å². The van der Waals surface area contributed by atoms with Gasteiger partial charge in [-0.3, -0.25) is 0 Å². The van der Waals surface area contributed by atoms with Gasteiger partial charge in [0.2, 0.25) is 0 Å². The van der Waals surface area contributed by atoms with Crippen molar-refractivity contribution in [3.8, 4) is 0 Å². The largest absolute Gasteiger partial charge is 0.384 e. The van der Waals surface area contributed by atoms with Gasteiger partial charge in [-0.1, -0.05) is 29.8 Å². The van der Waals surface area contributed by atoms with E-state index in [0.717, 1.165) is 6.07 Å². The molecule has 0 saturated heterocycles. The van der Waals surface area contributed by atoms with E-state index >= 15 is 0 Å². The summed E-state index contributed by atoms with van der Waals surface area (Å²) in [6.07, 6.45) is -1.07. The van der Waals surface area contributed by atoms with Crippen LogP contribution in [0.4, 0.5) is 8.78 Å². The third kappa shape index (κ3) is 2.62. The normalized spacial score (nSPS) is 12.5. The summed E-state index contributed by atoms with van der Waals surface area (Å²) in [5, 5.41) is 9.94. The Morgan fingerprint density at radius 3 is 2.35 bits per heavy atom. The lowest BCUT2D eigenvalue weighted by Gasteiger charge is -2.11. The zero-order chi connectivity index (χ0) is 12.4. The fourth-order valence-corrected chi connectivity index (χ4v) is 1.67. The van der Waals surface area contributed by atoms with Crippen molar-refractivity contribution in [2.45, 2.75) is 6.10 Å². The van der Waals surface area contributed by atoms with Crippen LogP contribution in [0.2, 0.25) is 5.02 Å². The summed E-state index contributed by atoms with van der Waals surface area (Å²) in [7, 11) is 0. The number of rotatable bonds is 2. The van der Waals surface area contributed by atoms with E-state index in [1.165, 1.54) is 30.3 Å². The zero-order valence-corrected chi connectivity index (χ0v) is 9.46. The molecule has 88 valence electrons. The quantitative estimate of drug-likeness (QED) is 0.866. The molecule has 1 N–H and O–H groups in total. The van der Waals surface area contributed by atoms with Gasteiger partial charge in [0.25, 0.3) is 0 Å². The van der Waals surface area contributed by atoms with Crippen molar-refractivity contribution in [3.63, 3.8) is 0 Å². The number of benzene rings is 2. The Morgan fingerprint density at radius 1 is 1.00 bits per heavy atom. The lowest BCUT2D eigenvalue weighted by molar-refractivity contribution is 0.219. The van der Waals surface area contributed by atoms with Crippen LogP contribution in [0.25, 0.3) is 0 Å². The first-order valence-corrected chi connectivity index (χ1v) is 5.34. The molecule has 0 heterocycles. The molecule has 0 unspecified atom stereocenters. The average Bonchev–Trinajstić information content (AvgIpc) is 2.32. The first-order chi connectivity index (χ1) is 8.08. The number of hydrogen-bond acceptors (Lipinski definition) is 1. The highest BCUT2D eigenvalue weighted by molar-refractivity contribution is 6.30. The molecule has 0 saturated carbocycles. The van der Waals surface area contributed by atoms with Gasteiger partial charge in [0.15, 0.2) is 0 Å². The minimum absolute atomic E-state index is 0.0137. The van der Waals surface area contributed by atoms with E-state index in [1.54, 1.807) is 6.07 Å². The van der Waals surface area contributed by atoms with E-state index in [0.29, 0.717) is 11.1 Å². The third-order valence-electron chi connectivity index (χ3n) is 2.42. The predicted octanol–water partition coefficient (Wildman–Crippen LogP) is 3.70. The topological polar surface area (TPSA) is 20.2 Å². The monoisotopic (exact) mass is 254 g/mol.